The number of azo groups is 1. The lowest BCUT2D eigenvalue weighted by molar-refractivity contribution is -0.384. The van der Waals surface area contributed by atoms with Crippen LogP contribution in [0.1, 0.15) is 11.1 Å². The van der Waals surface area contributed by atoms with Gasteiger partial charge >= 0.3 is 0 Å². The maximum absolute atomic E-state index is 12.9. The van der Waals surface area contributed by atoms with Gasteiger partial charge in [0.05, 0.1) is 26.0 Å². The van der Waals surface area contributed by atoms with Gasteiger partial charge in [-0.15, -0.1) is 10.2 Å². The van der Waals surface area contributed by atoms with Gasteiger partial charge in [0, 0.05) is 16.5 Å². The van der Waals surface area contributed by atoms with Crippen LogP contribution in [0.2, 0.25) is 10.0 Å². The molecule has 0 radical (unpaired) electrons. The highest BCUT2D eigenvalue weighted by Crippen LogP contribution is 2.41. The van der Waals surface area contributed by atoms with Crippen molar-refractivity contribution in [3.63, 3.8) is 0 Å². The molecule has 0 spiro atoms. The van der Waals surface area contributed by atoms with E-state index in [1.54, 1.807) is 19.1 Å². The first-order valence-corrected chi connectivity index (χ1v) is 12.2. The molecule has 180 valence electrons. The molecule has 1 aromatic heterocycles. The molecule has 13 heteroatoms. The molecule has 1 heterocycles. The molecular weight excluding hydrogens is 517 g/mol. The lowest BCUT2D eigenvalue weighted by Gasteiger charge is -2.11. The number of hydrogen-bond acceptors (Lipinski definition) is 7. The van der Waals surface area contributed by atoms with Crippen molar-refractivity contribution in [3.05, 3.63) is 79.8 Å². The Morgan fingerprint density at radius 3 is 2.49 bits per heavy atom. The van der Waals surface area contributed by atoms with Gasteiger partial charge in [-0.3, -0.25) is 14.8 Å². The first-order chi connectivity index (χ1) is 16.5. The molecule has 0 saturated carbocycles. The molecule has 0 aliphatic carbocycles. The minimum Gasteiger partial charge on any atom is -0.493 e. The zero-order valence-electron chi connectivity index (χ0n) is 18.2. The number of H-pyrrole nitrogens is 1. The number of nitrogens with one attached hydrogen (secondary N) is 2. The lowest BCUT2D eigenvalue weighted by atomic mass is 10.1. The third-order valence-corrected chi connectivity index (χ3v) is 7.00. The van der Waals surface area contributed by atoms with Crippen molar-refractivity contribution in [1.82, 2.24) is 4.98 Å². The second kappa shape index (κ2) is 9.17. The van der Waals surface area contributed by atoms with Crippen molar-refractivity contribution in [2.45, 2.75) is 18.7 Å². The summed E-state index contributed by atoms with van der Waals surface area (Å²) >= 11 is 12.1. The first-order valence-electron chi connectivity index (χ1n) is 9.96. The van der Waals surface area contributed by atoms with Crippen LogP contribution in [0, 0.1) is 24.0 Å². The van der Waals surface area contributed by atoms with Gasteiger partial charge in [0.1, 0.15) is 0 Å². The molecule has 0 aliphatic heterocycles. The predicted molar refractivity (Wildman–Crippen MR) is 134 cm³/mol. The zero-order valence-corrected chi connectivity index (χ0v) is 20.5. The van der Waals surface area contributed by atoms with Crippen molar-refractivity contribution < 1.29 is 18.4 Å². The lowest BCUT2D eigenvalue weighted by Crippen LogP contribution is -2.14. The second-order valence-corrected chi connectivity index (χ2v) is 10.2. The van der Waals surface area contributed by atoms with Gasteiger partial charge < -0.3 is 10.1 Å². The summed E-state index contributed by atoms with van der Waals surface area (Å²) in [6.07, 6.45) is 0. The Kier molecular flexibility index (Phi) is 6.41. The van der Waals surface area contributed by atoms with E-state index in [1.807, 2.05) is 13.0 Å². The number of nitrogens with zero attached hydrogens (tertiary/aromatic N) is 3. The number of aromatic hydroxyl groups is 1. The van der Waals surface area contributed by atoms with Crippen LogP contribution in [0.4, 0.5) is 22.7 Å². The number of nitro groups is 1. The van der Waals surface area contributed by atoms with Gasteiger partial charge in [0.25, 0.3) is 15.7 Å². The van der Waals surface area contributed by atoms with Gasteiger partial charge in [-0.05, 0) is 49.7 Å². The SMILES string of the molecule is Cc1ccc(NS(=O)(=O)c2ccc(N=Nc3c(O)[nH]c4c(Cl)cc(Cl)cc34)c([N+](=O)[O-])c2)c(C)c1. The molecule has 0 unspecified atom stereocenters. The van der Waals surface area contributed by atoms with E-state index >= 15 is 0 Å². The van der Waals surface area contributed by atoms with Crippen LogP contribution >= 0.6 is 23.2 Å². The van der Waals surface area contributed by atoms with Crippen LogP contribution in [-0.2, 0) is 10.0 Å². The van der Waals surface area contributed by atoms with Crippen LogP contribution in [0.3, 0.4) is 0 Å². The maximum Gasteiger partial charge on any atom is 0.298 e. The van der Waals surface area contributed by atoms with Crippen LogP contribution in [0.5, 0.6) is 5.88 Å². The monoisotopic (exact) mass is 533 g/mol. The molecule has 3 aromatic carbocycles. The molecule has 0 aliphatic rings. The second-order valence-electron chi connectivity index (χ2n) is 7.66. The molecule has 0 fully saturated rings. The van der Waals surface area contributed by atoms with Gasteiger partial charge in [-0.25, -0.2) is 8.42 Å². The number of aromatic amines is 1. The molecule has 0 amide bonds. The molecule has 4 rings (SSSR count). The molecule has 3 N–H and O–H groups in total. The molecule has 35 heavy (non-hydrogen) atoms. The summed E-state index contributed by atoms with van der Waals surface area (Å²) in [6, 6.07) is 11.4. The number of rotatable bonds is 6. The third-order valence-electron chi connectivity index (χ3n) is 5.12. The van der Waals surface area contributed by atoms with Crippen molar-refractivity contribution in [2.75, 3.05) is 4.72 Å². The molecule has 10 nitrogen and oxygen atoms in total. The van der Waals surface area contributed by atoms with Crippen LogP contribution in [0.15, 0.2) is 63.7 Å². The van der Waals surface area contributed by atoms with Crippen LogP contribution in [-0.4, -0.2) is 23.4 Å². The number of fused-ring (bicyclic) bond motifs is 1. The average Bonchev–Trinajstić information content (AvgIpc) is 3.09. The van der Waals surface area contributed by atoms with E-state index in [2.05, 4.69) is 19.9 Å². The number of benzene rings is 3. The molecule has 0 bridgehead atoms. The van der Waals surface area contributed by atoms with E-state index in [9.17, 15) is 23.6 Å². The number of aryl methyl sites for hydroxylation is 2. The van der Waals surface area contributed by atoms with E-state index in [4.69, 9.17) is 23.2 Å². The Morgan fingerprint density at radius 2 is 1.80 bits per heavy atom. The topological polar surface area (TPSA) is 150 Å². The Balaban J connectivity index is 1.72. The van der Waals surface area contributed by atoms with Gasteiger partial charge in [-0.2, -0.15) is 0 Å². The van der Waals surface area contributed by atoms with Crippen LogP contribution < -0.4 is 4.72 Å². The van der Waals surface area contributed by atoms with Gasteiger partial charge in [-0.1, -0.05) is 40.9 Å². The van der Waals surface area contributed by atoms with Gasteiger partial charge in [0.2, 0.25) is 5.88 Å². The van der Waals surface area contributed by atoms with E-state index in [0.29, 0.717) is 22.2 Å². The maximum atomic E-state index is 12.9. The molecule has 4 aromatic rings. The molecular formula is C22H17Cl2N5O5S. The minimum absolute atomic E-state index is 0.0353. The van der Waals surface area contributed by atoms with Crippen LogP contribution in [0.25, 0.3) is 10.9 Å². The predicted octanol–water partition coefficient (Wildman–Crippen LogP) is 6.92. The van der Waals surface area contributed by atoms with E-state index in [-0.39, 0.29) is 32.2 Å². The van der Waals surface area contributed by atoms with Crippen molar-refractivity contribution in [1.29, 1.82) is 0 Å². The van der Waals surface area contributed by atoms with Crippen molar-refractivity contribution >= 4 is 66.9 Å². The van der Waals surface area contributed by atoms with E-state index in [1.165, 1.54) is 18.2 Å². The van der Waals surface area contributed by atoms with Crippen molar-refractivity contribution in [2.24, 2.45) is 10.2 Å². The summed E-state index contributed by atoms with van der Waals surface area (Å²) < 4.78 is 28.2. The Morgan fingerprint density at radius 1 is 1.06 bits per heavy atom. The summed E-state index contributed by atoms with van der Waals surface area (Å²) in [6.45, 7) is 3.62. The van der Waals surface area contributed by atoms with Gasteiger partial charge in [0.15, 0.2) is 11.4 Å². The zero-order chi connectivity index (χ0) is 25.5. The fourth-order valence-electron chi connectivity index (χ4n) is 3.43. The number of nitro benzene ring substituents is 1. The summed E-state index contributed by atoms with van der Waals surface area (Å²) in [5.41, 5.74) is 1.53. The number of hydrogen-bond donors (Lipinski definition) is 3. The quantitative estimate of drug-likeness (QED) is 0.139. The summed E-state index contributed by atoms with van der Waals surface area (Å²) in [4.78, 5) is 13.2. The minimum atomic E-state index is -4.13. The molecule has 0 atom stereocenters. The fraction of sp³-hybridized carbons (Fsp3) is 0.0909. The highest BCUT2D eigenvalue weighted by atomic mass is 35.5. The Hall–Kier alpha value is -3.67. The standard InChI is InChI=1S/C22H17Cl2N5O5S/c1-11-3-5-17(12(2)7-11)28-35(33,34)14-4-6-18(19(10-14)29(31)32)26-27-21-15-8-13(23)9-16(24)20(15)25-22(21)30/h3-10,25,28,30H,1-2H3. The Labute approximate surface area is 209 Å². The highest BCUT2D eigenvalue weighted by molar-refractivity contribution is 7.92. The summed E-state index contributed by atoms with van der Waals surface area (Å²) in [7, 11) is -4.13. The smallest absolute Gasteiger partial charge is 0.298 e. The Bertz CT molecular complexity index is 1630. The average molecular weight is 534 g/mol. The molecule has 0 saturated heterocycles. The summed E-state index contributed by atoms with van der Waals surface area (Å²) in [5.74, 6) is -0.368. The number of sulfonamides is 1. The normalized spacial score (nSPS) is 11.9. The number of aromatic nitrogens is 1. The van der Waals surface area contributed by atoms with E-state index < -0.39 is 20.6 Å². The number of halogens is 2. The largest absolute Gasteiger partial charge is 0.493 e. The summed E-state index contributed by atoms with van der Waals surface area (Å²) in [5, 5.41) is 30.6. The fourth-order valence-corrected chi connectivity index (χ4v) is 5.12. The highest BCUT2D eigenvalue weighted by Gasteiger charge is 2.23. The first kappa shape index (κ1) is 24.5. The van der Waals surface area contributed by atoms with E-state index in [0.717, 1.165) is 17.7 Å². The van der Waals surface area contributed by atoms with Crippen molar-refractivity contribution in [3.8, 4) is 5.88 Å². The third kappa shape index (κ3) is 4.92. The number of anilines is 1.